The first-order valence-electron chi connectivity index (χ1n) is 7.09. The van der Waals surface area contributed by atoms with Crippen LogP contribution >= 0.6 is 0 Å². The zero-order valence-corrected chi connectivity index (χ0v) is 12.6. The van der Waals surface area contributed by atoms with Gasteiger partial charge in [-0.1, -0.05) is 37.3 Å². The number of rotatable bonds is 2. The van der Waals surface area contributed by atoms with E-state index in [4.69, 9.17) is 0 Å². The molecule has 0 saturated carbocycles. The maximum Gasteiger partial charge on any atom is 0.196 e. The lowest BCUT2D eigenvalue weighted by Crippen LogP contribution is -2.41. The van der Waals surface area contributed by atoms with Crippen molar-refractivity contribution in [1.29, 1.82) is 0 Å². The van der Waals surface area contributed by atoms with Crippen LogP contribution in [0.4, 0.5) is 0 Å². The number of likely N-dealkylation sites (tertiary alicyclic amines) is 1. The Hall–Kier alpha value is -1.51. The molecule has 0 N–H and O–H groups in total. The summed E-state index contributed by atoms with van der Waals surface area (Å²) in [4.78, 5) is 9.17. The molecule has 1 unspecified atom stereocenters. The molecule has 1 aromatic rings. The summed E-state index contributed by atoms with van der Waals surface area (Å²) in [5, 5.41) is 0. The molecule has 1 atom stereocenters. The van der Waals surface area contributed by atoms with Gasteiger partial charge in [-0.2, -0.15) is 0 Å². The number of aliphatic imine (C=N–C) groups is 1. The Labute approximate surface area is 116 Å². The van der Waals surface area contributed by atoms with E-state index in [0.29, 0.717) is 0 Å². The van der Waals surface area contributed by atoms with Crippen molar-refractivity contribution in [2.45, 2.75) is 25.7 Å². The summed E-state index contributed by atoms with van der Waals surface area (Å²) in [5.41, 5.74) is 1.68. The van der Waals surface area contributed by atoms with Gasteiger partial charge in [0.15, 0.2) is 5.96 Å². The fraction of sp³-hybridized carbons (Fsp3) is 0.562. The van der Waals surface area contributed by atoms with E-state index in [0.717, 1.165) is 25.6 Å². The molecule has 2 rings (SSSR count). The molecule has 1 saturated heterocycles. The molecule has 0 radical (unpaired) electrons. The second-order valence-corrected chi connectivity index (χ2v) is 5.77. The van der Waals surface area contributed by atoms with Crippen molar-refractivity contribution in [1.82, 2.24) is 9.80 Å². The van der Waals surface area contributed by atoms with Crippen LogP contribution in [-0.4, -0.2) is 49.5 Å². The number of hydrogen-bond acceptors (Lipinski definition) is 1. The minimum Gasteiger partial charge on any atom is -0.349 e. The molecule has 0 aromatic heterocycles. The number of benzene rings is 1. The molecule has 104 valence electrons. The van der Waals surface area contributed by atoms with Crippen molar-refractivity contribution in [3.63, 3.8) is 0 Å². The molecule has 1 aliphatic heterocycles. The van der Waals surface area contributed by atoms with Gasteiger partial charge >= 0.3 is 0 Å². The van der Waals surface area contributed by atoms with Gasteiger partial charge in [-0.25, -0.2) is 0 Å². The molecule has 1 fully saturated rings. The minimum absolute atomic E-state index is 0.242. The molecule has 1 aliphatic rings. The summed E-state index contributed by atoms with van der Waals surface area (Å²) >= 11 is 0. The summed E-state index contributed by atoms with van der Waals surface area (Å²) in [6.45, 7) is 7.43. The fourth-order valence-corrected chi connectivity index (χ4v) is 2.87. The van der Waals surface area contributed by atoms with Gasteiger partial charge in [0.1, 0.15) is 0 Å². The minimum atomic E-state index is 0.242. The predicted octanol–water partition coefficient (Wildman–Crippen LogP) is 2.59. The Morgan fingerprint density at radius 2 is 2.00 bits per heavy atom. The van der Waals surface area contributed by atoms with E-state index in [1.165, 1.54) is 12.0 Å². The lowest BCUT2D eigenvalue weighted by molar-refractivity contribution is 0.399. The van der Waals surface area contributed by atoms with Crippen molar-refractivity contribution in [2.24, 2.45) is 4.99 Å². The van der Waals surface area contributed by atoms with Crippen molar-refractivity contribution < 1.29 is 0 Å². The fourth-order valence-electron chi connectivity index (χ4n) is 2.87. The molecule has 1 aromatic carbocycles. The van der Waals surface area contributed by atoms with Crippen molar-refractivity contribution in [3.05, 3.63) is 35.9 Å². The number of hydrogen-bond donors (Lipinski definition) is 0. The standard InChI is InChI=1S/C16H25N3/c1-5-17-15(18(3)4)19-12-11-16(2,13-19)14-9-7-6-8-10-14/h6-10H,5,11-13H2,1-4H3. The molecule has 0 amide bonds. The first-order chi connectivity index (χ1) is 9.07. The lowest BCUT2D eigenvalue weighted by Gasteiger charge is -2.29. The molecule has 19 heavy (non-hydrogen) atoms. The normalized spacial score (nSPS) is 23.8. The quantitative estimate of drug-likeness (QED) is 0.600. The van der Waals surface area contributed by atoms with E-state index in [1.807, 2.05) is 0 Å². The second kappa shape index (κ2) is 5.64. The Balaban J connectivity index is 2.17. The maximum atomic E-state index is 4.63. The maximum absolute atomic E-state index is 4.63. The second-order valence-electron chi connectivity index (χ2n) is 5.77. The summed E-state index contributed by atoms with van der Waals surface area (Å²) in [6, 6.07) is 10.8. The van der Waals surface area contributed by atoms with Crippen LogP contribution in [0.3, 0.4) is 0 Å². The van der Waals surface area contributed by atoms with Gasteiger partial charge in [0, 0.05) is 39.1 Å². The SMILES string of the molecule is CCN=C(N(C)C)N1CCC(C)(c2ccccc2)C1. The van der Waals surface area contributed by atoms with Gasteiger partial charge < -0.3 is 9.80 Å². The summed E-state index contributed by atoms with van der Waals surface area (Å²) < 4.78 is 0. The van der Waals surface area contributed by atoms with Crippen molar-refractivity contribution in [2.75, 3.05) is 33.7 Å². The highest BCUT2D eigenvalue weighted by molar-refractivity contribution is 5.80. The van der Waals surface area contributed by atoms with Gasteiger partial charge in [-0.15, -0.1) is 0 Å². The molecular weight excluding hydrogens is 234 g/mol. The molecular formula is C16H25N3. The Kier molecular flexibility index (Phi) is 4.13. The van der Waals surface area contributed by atoms with Gasteiger partial charge in [-0.05, 0) is 18.9 Å². The van der Waals surface area contributed by atoms with E-state index < -0.39 is 0 Å². The molecule has 0 spiro atoms. The molecule has 1 heterocycles. The van der Waals surface area contributed by atoms with Crippen LogP contribution in [0, 0.1) is 0 Å². The predicted molar refractivity (Wildman–Crippen MR) is 81.6 cm³/mol. The highest BCUT2D eigenvalue weighted by atomic mass is 15.4. The van der Waals surface area contributed by atoms with Gasteiger partial charge in [0.2, 0.25) is 0 Å². The summed E-state index contributed by atoms with van der Waals surface area (Å²) in [6.07, 6.45) is 1.19. The highest BCUT2D eigenvalue weighted by Gasteiger charge is 2.36. The molecule has 0 bridgehead atoms. The van der Waals surface area contributed by atoms with E-state index in [2.05, 4.69) is 73.1 Å². The lowest BCUT2D eigenvalue weighted by atomic mass is 9.82. The average Bonchev–Trinajstić information content (AvgIpc) is 2.80. The molecule has 3 heteroatoms. The monoisotopic (exact) mass is 259 g/mol. The number of guanidine groups is 1. The van der Waals surface area contributed by atoms with Crippen molar-refractivity contribution >= 4 is 5.96 Å². The Morgan fingerprint density at radius 3 is 2.58 bits per heavy atom. The van der Waals surface area contributed by atoms with Crippen LogP contribution in [0.5, 0.6) is 0 Å². The zero-order chi connectivity index (χ0) is 13.9. The summed E-state index contributed by atoms with van der Waals surface area (Å²) in [5.74, 6) is 1.11. The van der Waals surface area contributed by atoms with E-state index in [1.54, 1.807) is 0 Å². The average molecular weight is 259 g/mol. The van der Waals surface area contributed by atoms with Crippen LogP contribution in [0.25, 0.3) is 0 Å². The first-order valence-corrected chi connectivity index (χ1v) is 7.09. The molecule has 0 aliphatic carbocycles. The van der Waals surface area contributed by atoms with Gasteiger partial charge in [0.25, 0.3) is 0 Å². The van der Waals surface area contributed by atoms with Crippen molar-refractivity contribution in [3.8, 4) is 0 Å². The largest absolute Gasteiger partial charge is 0.349 e. The third-order valence-corrected chi connectivity index (χ3v) is 3.93. The third kappa shape index (κ3) is 2.91. The third-order valence-electron chi connectivity index (χ3n) is 3.93. The van der Waals surface area contributed by atoms with Crippen LogP contribution in [0.2, 0.25) is 0 Å². The molecule has 3 nitrogen and oxygen atoms in total. The van der Waals surface area contributed by atoms with Gasteiger partial charge in [0.05, 0.1) is 0 Å². The number of nitrogens with zero attached hydrogens (tertiary/aromatic N) is 3. The van der Waals surface area contributed by atoms with E-state index >= 15 is 0 Å². The first kappa shape index (κ1) is 13.9. The zero-order valence-electron chi connectivity index (χ0n) is 12.6. The van der Waals surface area contributed by atoms with E-state index in [-0.39, 0.29) is 5.41 Å². The summed E-state index contributed by atoms with van der Waals surface area (Å²) in [7, 11) is 4.15. The Bertz CT molecular complexity index is 439. The van der Waals surface area contributed by atoms with Gasteiger partial charge in [-0.3, -0.25) is 4.99 Å². The van der Waals surface area contributed by atoms with Crippen LogP contribution in [0.1, 0.15) is 25.8 Å². The van der Waals surface area contributed by atoms with E-state index in [9.17, 15) is 0 Å². The van der Waals surface area contributed by atoms with Crippen LogP contribution < -0.4 is 0 Å². The smallest absolute Gasteiger partial charge is 0.196 e. The highest BCUT2D eigenvalue weighted by Crippen LogP contribution is 2.34. The van der Waals surface area contributed by atoms with Crippen LogP contribution in [-0.2, 0) is 5.41 Å². The van der Waals surface area contributed by atoms with Crippen LogP contribution in [0.15, 0.2) is 35.3 Å². The Morgan fingerprint density at radius 1 is 1.32 bits per heavy atom. The topological polar surface area (TPSA) is 18.8 Å².